The minimum absolute atomic E-state index is 0.00352. The van der Waals surface area contributed by atoms with Gasteiger partial charge in [-0.3, -0.25) is 0 Å². The van der Waals surface area contributed by atoms with E-state index in [4.69, 9.17) is 10.5 Å². The first-order valence-electron chi connectivity index (χ1n) is 6.29. The number of aryl methyl sites for hydroxylation is 2. The lowest BCUT2D eigenvalue weighted by atomic mass is 10.1. The lowest BCUT2D eigenvalue weighted by Gasteiger charge is -2.11. The van der Waals surface area contributed by atoms with Crippen molar-refractivity contribution in [3.05, 3.63) is 39.7 Å². The van der Waals surface area contributed by atoms with Crippen LogP contribution in [0.5, 0.6) is 11.6 Å². The van der Waals surface area contributed by atoms with Gasteiger partial charge in [0.15, 0.2) is 0 Å². The molecule has 1 aromatic heterocycles. The van der Waals surface area contributed by atoms with Gasteiger partial charge in [-0.15, -0.1) is 0 Å². The van der Waals surface area contributed by atoms with E-state index in [1.165, 1.54) is 12.1 Å². The van der Waals surface area contributed by atoms with E-state index in [0.717, 1.165) is 11.3 Å². The Kier molecular flexibility index (Phi) is 4.45. The van der Waals surface area contributed by atoms with Crippen molar-refractivity contribution < 1.29 is 9.13 Å². The summed E-state index contributed by atoms with van der Waals surface area (Å²) in [4.78, 5) is 0. The molecule has 2 rings (SSSR count). The zero-order chi connectivity index (χ0) is 14.9. The van der Waals surface area contributed by atoms with Crippen LogP contribution in [0.4, 0.5) is 4.39 Å². The Morgan fingerprint density at radius 2 is 2.20 bits per heavy atom. The van der Waals surface area contributed by atoms with E-state index in [1.54, 1.807) is 17.8 Å². The van der Waals surface area contributed by atoms with Crippen LogP contribution in [0.1, 0.15) is 18.2 Å². The first-order valence-corrected chi connectivity index (χ1v) is 7.08. The standard InChI is InChI=1S/C14H17BrFN3O/c1-8(17)6-11-9(2)18-19(3)14(11)20-13-7-10(16)4-5-12(13)15/h4-5,7-8H,6,17H2,1-3H3. The second-order valence-corrected chi connectivity index (χ2v) is 5.71. The molecule has 0 aliphatic rings. The molecule has 6 heteroatoms. The number of rotatable bonds is 4. The van der Waals surface area contributed by atoms with E-state index in [2.05, 4.69) is 21.0 Å². The van der Waals surface area contributed by atoms with Crippen molar-refractivity contribution in [1.29, 1.82) is 0 Å². The Hall–Kier alpha value is -1.40. The van der Waals surface area contributed by atoms with Gasteiger partial charge in [0.2, 0.25) is 5.88 Å². The highest BCUT2D eigenvalue weighted by molar-refractivity contribution is 9.10. The third kappa shape index (κ3) is 3.19. The van der Waals surface area contributed by atoms with Crippen molar-refractivity contribution in [1.82, 2.24) is 9.78 Å². The molecule has 1 aromatic carbocycles. The summed E-state index contributed by atoms with van der Waals surface area (Å²) in [6.45, 7) is 3.83. The molecule has 1 heterocycles. The van der Waals surface area contributed by atoms with Gasteiger partial charge >= 0.3 is 0 Å². The molecular formula is C14H17BrFN3O. The molecule has 0 amide bonds. The van der Waals surface area contributed by atoms with E-state index in [0.29, 0.717) is 22.5 Å². The van der Waals surface area contributed by atoms with Crippen molar-refractivity contribution >= 4 is 15.9 Å². The fraction of sp³-hybridized carbons (Fsp3) is 0.357. The monoisotopic (exact) mass is 341 g/mol. The number of ether oxygens (including phenoxy) is 1. The fourth-order valence-corrected chi connectivity index (χ4v) is 2.35. The molecule has 2 aromatic rings. The summed E-state index contributed by atoms with van der Waals surface area (Å²) in [5, 5.41) is 4.34. The molecule has 1 unspecified atom stereocenters. The van der Waals surface area contributed by atoms with Crippen LogP contribution in [0.2, 0.25) is 0 Å². The van der Waals surface area contributed by atoms with Crippen molar-refractivity contribution in [3.63, 3.8) is 0 Å². The Labute approximate surface area is 125 Å². The maximum atomic E-state index is 13.3. The number of halogens is 2. The smallest absolute Gasteiger partial charge is 0.221 e. The second kappa shape index (κ2) is 5.93. The predicted molar refractivity (Wildman–Crippen MR) is 79.5 cm³/mol. The summed E-state index contributed by atoms with van der Waals surface area (Å²) in [6.07, 6.45) is 0.655. The van der Waals surface area contributed by atoms with Gasteiger partial charge in [-0.2, -0.15) is 5.10 Å². The van der Waals surface area contributed by atoms with Crippen molar-refractivity contribution in [3.8, 4) is 11.6 Å². The molecular weight excluding hydrogens is 325 g/mol. The van der Waals surface area contributed by atoms with Gasteiger partial charge in [-0.1, -0.05) is 0 Å². The number of nitrogens with two attached hydrogens (primary N) is 1. The van der Waals surface area contributed by atoms with Gasteiger partial charge in [0.1, 0.15) is 11.6 Å². The van der Waals surface area contributed by atoms with E-state index >= 15 is 0 Å². The molecule has 0 radical (unpaired) electrons. The highest BCUT2D eigenvalue weighted by Crippen LogP contribution is 2.33. The zero-order valence-corrected chi connectivity index (χ0v) is 13.2. The van der Waals surface area contributed by atoms with Crippen molar-refractivity contribution in [2.75, 3.05) is 0 Å². The van der Waals surface area contributed by atoms with E-state index in [-0.39, 0.29) is 11.9 Å². The zero-order valence-electron chi connectivity index (χ0n) is 11.7. The fourth-order valence-electron chi connectivity index (χ4n) is 2.03. The molecule has 0 aliphatic heterocycles. The maximum Gasteiger partial charge on any atom is 0.221 e. The van der Waals surface area contributed by atoms with Gasteiger partial charge in [-0.25, -0.2) is 9.07 Å². The summed E-state index contributed by atoms with van der Waals surface area (Å²) in [5.74, 6) is 0.654. The molecule has 20 heavy (non-hydrogen) atoms. The molecule has 0 spiro atoms. The average molecular weight is 342 g/mol. The highest BCUT2D eigenvalue weighted by atomic mass is 79.9. The third-order valence-electron chi connectivity index (χ3n) is 2.91. The lowest BCUT2D eigenvalue weighted by Crippen LogP contribution is -2.18. The second-order valence-electron chi connectivity index (χ2n) is 4.85. The molecule has 1 atom stereocenters. The van der Waals surface area contributed by atoms with Gasteiger partial charge in [-0.05, 0) is 48.3 Å². The molecule has 0 aliphatic carbocycles. The van der Waals surface area contributed by atoms with Gasteiger partial charge < -0.3 is 10.5 Å². The number of hydrogen-bond donors (Lipinski definition) is 1. The topological polar surface area (TPSA) is 53.1 Å². The van der Waals surface area contributed by atoms with Crippen LogP contribution in [0.15, 0.2) is 22.7 Å². The summed E-state index contributed by atoms with van der Waals surface area (Å²) in [7, 11) is 1.79. The molecule has 0 bridgehead atoms. The van der Waals surface area contributed by atoms with Gasteiger partial charge in [0, 0.05) is 24.7 Å². The van der Waals surface area contributed by atoms with Crippen LogP contribution in [0.25, 0.3) is 0 Å². The number of aromatic nitrogens is 2. The molecule has 2 N–H and O–H groups in total. The number of hydrogen-bond acceptors (Lipinski definition) is 3. The number of nitrogens with zero attached hydrogens (tertiary/aromatic N) is 2. The highest BCUT2D eigenvalue weighted by Gasteiger charge is 2.18. The summed E-state index contributed by atoms with van der Waals surface area (Å²) in [6, 6.07) is 4.31. The summed E-state index contributed by atoms with van der Waals surface area (Å²) in [5.41, 5.74) is 7.67. The summed E-state index contributed by atoms with van der Waals surface area (Å²) >= 11 is 3.35. The quantitative estimate of drug-likeness (QED) is 0.928. The molecule has 0 saturated carbocycles. The SMILES string of the molecule is Cc1nn(C)c(Oc2cc(F)ccc2Br)c1CC(C)N. The Bertz CT molecular complexity index is 625. The van der Waals surface area contributed by atoms with E-state index in [1.807, 2.05) is 13.8 Å². The molecule has 4 nitrogen and oxygen atoms in total. The molecule has 0 saturated heterocycles. The first-order chi connectivity index (χ1) is 9.38. The van der Waals surface area contributed by atoms with Crippen LogP contribution in [0, 0.1) is 12.7 Å². The largest absolute Gasteiger partial charge is 0.438 e. The first kappa shape index (κ1) is 15.0. The predicted octanol–water partition coefficient (Wildman–Crippen LogP) is 3.31. The van der Waals surface area contributed by atoms with E-state index in [9.17, 15) is 4.39 Å². The third-order valence-corrected chi connectivity index (χ3v) is 3.57. The maximum absolute atomic E-state index is 13.3. The average Bonchev–Trinajstić information content (AvgIpc) is 2.60. The minimum atomic E-state index is -0.351. The Morgan fingerprint density at radius 3 is 2.85 bits per heavy atom. The van der Waals surface area contributed by atoms with Crippen LogP contribution < -0.4 is 10.5 Å². The molecule has 0 fully saturated rings. The Balaban J connectivity index is 2.40. The van der Waals surface area contributed by atoms with Crippen LogP contribution >= 0.6 is 15.9 Å². The normalized spacial score (nSPS) is 12.5. The lowest BCUT2D eigenvalue weighted by molar-refractivity contribution is 0.419. The van der Waals surface area contributed by atoms with Gasteiger partial charge in [0.25, 0.3) is 0 Å². The van der Waals surface area contributed by atoms with E-state index < -0.39 is 0 Å². The van der Waals surface area contributed by atoms with Crippen LogP contribution in [0.3, 0.4) is 0 Å². The van der Waals surface area contributed by atoms with Gasteiger partial charge in [0.05, 0.1) is 10.2 Å². The number of benzene rings is 1. The van der Waals surface area contributed by atoms with Crippen LogP contribution in [-0.4, -0.2) is 15.8 Å². The minimum Gasteiger partial charge on any atom is -0.438 e. The molecule has 108 valence electrons. The van der Waals surface area contributed by atoms with Crippen molar-refractivity contribution in [2.45, 2.75) is 26.3 Å². The van der Waals surface area contributed by atoms with Crippen LogP contribution in [-0.2, 0) is 13.5 Å². The summed E-state index contributed by atoms with van der Waals surface area (Å²) < 4.78 is 21.5. The van der Waals surface area contributed by atoms with Crippen molar-refractivity contribution in [2.24, 2.45) is 12.8 Å². The Morgan fingerprint density at radius 1 is 1.50 bits per heavy atom.